The van der Waals surface area contributed by atoms with Crippen LogP contribution >= 0.6 is 0 Å². The molecule has 2 aliphatic carbocycles. The molecule has 11 nitrogen and oxygen atoms in total. The van der Waals surface area contributed by atoms with Gasteiger partial charge < -0.3 is 9.80 Å². The number of fused-ring (bicyclic) bond motifs is 3. The Bertz CT molecular complexity index is 1670. The van der Waals surface area contributed by atoms with Crippen LogP contribution in [0.5, 0.6) is 0 Å². The number of aryl methyl sites for hydroxylation is 3. The number of tetrazole rings is 1. The van der Waals surface area contributed by atoms with E-state index in [1.54, 1.807) is 42.7 Å². The highest BCUT2D eigenvalue weighted by atomic mass is 16.2. The molecule has 3 amide bonds. The number of carbonyl (C=O) groups excluding carboxylic acids is 3. The van der Waals surface area contributed by atoms with Gasteiger partial charge in [0.1, 0.15) is 0 Å². The van der Waals surface area contributed by atoms with Crippen LogP contribution in [0.15, 0.2) is 36.4 Å². The van der Waals surface area contributed by atoms with E-state index in [0.29, 0.717) is 55.0 Å². The van der Waals surface area contributed by atoms with Crippen LogP contribution in [0.2, 0.25) is 0 Å². The van der Waals surface area contributed by atoms with Crippen molar-refractivity contribution in [2.45, 2.75) is 69.5 Å². The number of aromatic nitrogens is 4. The minimum Gasteiger partial charge on any atom is -0.345 e. The average Bonchev–Trinajstić information content (AvgIpc) is 3.53. The number of amides is 3. The molecule has 1 aliphatic heterocycles. The van der Waals surface area contributed by atoms with Gasteiger partial charge in [-0.15, -0.1) is 5.10 Å². The number of rotatable bonds is 8. The lowest BCUT2D eigenvalue weighted by molar-refractivity contribution is -0.132. The second kappa shape index (κ2) is 12.0. The molecule has 1 saturated heterocycles. The van der Waals surface area contributed by atoms with Gasteiger partial charge in [0.2, 0.25) is 5.91 Å². The predicted octanol–water partition coefficient (Wildman–Crippen LogP) is 3.72. The molecule has 1 aromatic heterocycles. The van der Waals surface area contributed by atoms with Gasteiger partial charge in [-0.05, 0) is 101 Å². The van der Waals surface area contributed by atoms with Gasteiger partial charge in [0.05, 0.1) is 5.41 Å². The Hall–Kier alpha value is -4.59. The van der Waals surface area contributed by atoms with E-state index in [1.165, 1.54) is 0 Å². The first-order valence-electron chi connectivity index (χ1n) is 16.1. The molecular weight excluding hydrogens is 580 g/mol. The Balaban J connectivity index is 1.44. The Morgan fingerprint density at radius 3 is 2.07 bits per heavy atom. The molecule has 2 heterocycles. The molecule has 240 valence electrons. The van der Waals surface area contributed by atoms with Crippen LogP contribution in [0.4, 0.5) is 0 Å². The van der Waals surface area contributed by atoms with Gasteiger partial charge >= 0.3 is 6.17 Å². The molecule has 46 heavy (non-hydrogen) atoms. The molecule has 2 aromatic carbocycles. The topological polar surface area (TPSA) is 109 Å². The lowest BCUT2D eigenvalue weighted by Gasteiger charge is -2.37. The minimum absolute atomic E-state index is 0.0626. The lowest BCUT2D eigenvalue weighted by atomic mass is 9.66. The second-order valence-corrected chi connectivity index (χ2v) is 13.7. The largest absolute Gasteiger partial charge is 0.345 e. The van der Waals surface area contributed by atoms with E-state index in [4.69, 9.17) is 6.57 Å². The molecular formula is C35H42N8O3. The summed E-state index contributed by atoms with van der Waals surface area (Å²) in [5.74, 6) is 1.14. The van der Waals surface area contributed by atoms with E-state index < -0.39 is 5.41 Å². The zero-order valence-corrected chi connectivity index (χ0v) is 27.5. The third-order valence-corrected chi connectivity index (χ3v) is 10.1. The highest BCUT2D eigenvalue weighted by Crippen LogP contribution is 2.50. The SMILES string of the molecule is [C-]#[N+][C@@H]1C[C@@H]2C[C@@H]2N1C(=O)CC[C@@H](C)CC1(c2nnnn2C)c2ccc(C(=O)N(C)C)cc2CCc2cc(C(=O)N(C)C)ccc21. The predicted molar refractivity (Wildman–Crippen MR) is 172 cm³/mol. The van der Waals surface area contributed by atoms with Crippen LogP contribution < -0.4 is 0 Å². The summed E-state index contributed by atoms with van der Waals surface area (Å²) in [6.45, 7) is 9.76. The molecule has 3 aliphatic rings. The molecule has 11 heteroatoms. The third-order valence-electron chi connectivity index (χ3n) is 10.1. The number of nitrogens with zero attached hydrogens (tertiary/aromatic N) is 8. The van der Waals surface area contributed by atoms with E-state index in [0.717, 1.165) is 35.1 Å². The smallest absolute Gasteiger partial charge is 0.301 e. The normalized spacial score (nSPS) is 21.2. The first kappa shape index (κ1) is 31.4. The second-order valence-electron chi connectivity index (χ2n) is 13.7. The van der Waals surface area contributed by atoms with Gasteiger partial charge in [0, 0.05) is 65.2 Å². The van der Waals surface area contributed by atoms with Crippen molar-refractivity contribution >= 4 is 17.7 Å². The van der Waals surface area contributed by atoms with Crippen LogP contribution in [-0.2, 0) is 30.1 Å². The van der Waals surface area contributed by atoms with E-state index >= 15 is 0 Å². The molecule has 0 spiro atoms. The minimum atomic E-state index is -0.810. The molecule has 1 saturated carbocycles. The Morgan fingerprint density at radius 1 is 0.978 bits per heavy atom. The first-order valence-corrected chi connectivity index (χ1v) is 16.1. The van der Waals surface area contributed by atoms with Crippen LogP contribution in [0.25, 0.3) is 4.85 Å². The maximum Gasteiger partial charge on any atom is 0.301 e. The molecule has 0 bridgehead atoms. The monoisotopic (exact) mass is 622 g/mol. The van der Waals surface area contributed by atoms with Gasteiger partial charge in [0.25, 0.3) is 11.8 Å². The van der Waals surface area contributed by atoms with Crippen LogP contribution in [-0.4, -0.2) is 93.0 Å². The quantitative estimate of drug-likeness (QED) is 0.355. The summed E-state index contributed by atoms with van der Waals surface area (Å²) >= 11 is 0. The van der Waals surface area contributed by atoms with Crippen molar-refractivity contribution < 1.29 is 14.4 Å². The van der Waals surface area contributed by atoms with Gasteiger partial charge in [0.15, 0.2) is 5.82 Å². The fourth-order valence-electron chi connectivity index (χ4n) is 7.79. The highest BCUT2D eigenvalue weighted by Gasteiger charge is 2.57. The molecule has 0 unspecified atom stereocenters. The van der Waals surface area contributed by atoms with Crippen LogP contribution in [0.1, 0.15) is 87.8 Å². The summed E-state index contributed by atoms with van der Waals surface area (Å²) in [6.07, 6.45) is 4.44. The van der Waals surface area contributed by atoms with Crippen molar-refractivity contribution in [1.82, 2.24) is 34.9 Å². The van der Waals surface area contributed by atoms with Crippen LogP contribution in [0, 0.1) is 18.4 Å². The maximum absolute atomic E-state index is 13.4. The highest BCUT2D eigenvalue weighted by molar-refractivity contribution is 5.95. The van der Waals surface area contributed by atoms with Crippen molar-refractivity contribution in [3.05, 3.63) is 87.0 Å². The number of carbonyl (C=O) groups is 3. The third kappa shape index (κ3) is 5.33. The van der Waals surface area contributed by atoms with Crippen molar-refractivity contribution in [2.24, 2.45) is 18.9 Å². The number of hydrogen-bond donors (Lipinski definition) is 0. The number of benzene rings is 2. The summed E-state index contributed by atoms with van der Waals surface area (Å²) in [7, 11) is 8.83. The first-order chi connectivity index (χ1) is 22.0. The average molecular weight is 623 g/mol. The van der Waals surface area contributed by atoms with Gasteiger partial charge in [-0.1, -0.05) is 19.1 Å². The standard InChI is InChI=1S/C35H42N8O3/c1-21(8-15-31(44)43-29-18-26(29)19-30(43)36-2)20-35(34-37-38-39-42(34)7)27-13-11-24(32(45)40(3)4)16-22(27)9-10-23-17-25(12-14-28(23)35)33(46)41(5)6/h11-14,16-17,21,26,29-30H,8-10,15,18-20H2,1,3-7H3/t21-,26+,29+,30+/m1/s1. The van der Waals surface area contributed by atoms with E-state index in [-0.39, 0.29) is 35.8 Å². The van der Waals surface area contributed by atoms with E-state index in [9.17, 15) is 14.4 Å². The van der Waals surface area contributed by atoms with Crippen molar-refractivity contribution in [3.63, 3.8) is 0 Å². The molecule has 4 atom stereocenters. The van der Waals surface area contributed by atoms with Crippen molar-refractivity contribution in [1.29, 1.82) is 0 Å². The fourth-order valence-corrected chi connectivity index (χ4v) is 7.79. The number of likely N-dealkylation sites (tertiary alicyclic amines) is 1. The Labute approximate surface area is 270 Å². The summed E-state index contributed by atoms with van der Waals surface area (Å²) in [6, 6.07) is 12.1. The maximum atomic E-state index is 13.4. The lowest BCUT2D eigenvalue weighted by Crippen LogP contribution is -2.38. The summed E-state index contributed by atoms with van der Waals surface area (Å²) in [4.78, 5) is 48.3. The summed E-state index contributed by atoms with van der Waals surface area (Å²) < 4.78 is 1.71. The molecule has 6 rings (SSSR count). The fraction of sp³-hybridized carbons (Fsp3) is 0.514. The summed E-state index contributed by atoms with van der Waals surface area (Å²) in [5, 5.41) is 12.9. The van der Waals surface area contributed by atoms with E-state index in [1.807, 2.05) is 48.3 Å². The molecule has 0 N–H and O–H groups in total. The molecule has 2 fully saturated rings. The van der Waals surface area contributed by atoms with Crippen molar-refractivity contribution in [3.8, 4) is 0 Å². The van der Waals surface area contributed by atoms with Gasteiger partial charge in [-0.2, -0.15) is 0 Å². The van der Waals surface area contributed by atoms with Crippen molar-refractivity contribution in [2.75, 3.05) is 28.2 Å². The van der Waals surface area contributed by atoms with Gasteiger partial charge in [-0.3, -0.25) is 24.1 Å². The van der Waals surface area contributed by atoms with E-state index in [2.05, 4.69) is 27.3 Å². The Morgan fingerprint density at radius 2 is 1.57 bits per heavy atom. The number of piperidine rings is 1. The molecule has 3 aromatic rings. The Kier molecular flexibility index (Phi) is 8.17. The van der Waals surface area contributed by atoms with Crippen LogP contribution in [0.3, 0.4) is 0 Å². The van der Waals surface area contributed by atoms with Gasteiger partial charge in [-0.25, -0.2) is 11.3 Å². The number of hydrogen-bond acceptors (Lipinski definition) is 6. The zero-order valence-electron chi connectivity index (χ0n) is 27.5. The zero-order chi connectivity index (χ0) is 32.9. The summed E-state index contributed by atoms with van der Waals surface area (Å²) in [5.41, 5.74) is 4.53. The molecule has 0 radical (unpaired) electrons.